The van der Waals surface area contributed by atoms with Crippen LogP contribution in [0.4, 0.5) is 0 Å². The third kappa shape index (κ3) is 8.77. The number of hydrogen-bond acceptors (Lipinski definition) is 6. The van der Waals surface area contributed by atoms with E-state index in [1.165, 1.54) is 18.2 Å². The van der Waals surface area contributed by atoms with Gasteiger partial charge in [-0.15, -0.1) is 0 Å². The number of nitrogens with two attached hydrogens (primary N) is 2. The number of aromatic hydroxyl groups is 1. The second-order valence-electron chi connectivity index (χ2n) is 6.99. The van der Waals surface area contributed by atoms with Gasteiger partial charge in [0.2, 0.25) is 5.91 Å². The molecule has 0 aliphatic rings. The van der Waals surface area contributed by atoms with Crippen molar-refractivity contribution in [2.75, 3.05) is 19.7 Å². The lowest BCUT2D eigenvalue weighted by atomic mass is 10.1. The molecule has 0 saturated heterocycles. The standard InChI is InChI=1S/C22H27N5O6/c23-22(24)25-10-11-33-15-7-8-16(18(28)12-15)20(30)26-13-17(21(31)32)27-19(29)9-6-14-4-2-1-3-5-14/h1-5,7-8,12,17,28H,6,9-11,13H2,(H,26,30)(H,27,29)(H,31,32)(H4,23,24,25)/t17-/m0/s1. The first-order chi connectivity index (χ1) is 15.8. The Morgan fingerprint density at radius 3 is 2.45 bits per heavy atom. The molecule has 0 unspecified atom stereocenters. The normalized spacial score (nSPS) is 11.2. The first kappa shape index (κ1) is 25.0. The highest BCUT2D eigenvalue weighted by Crippen LogP contribution is 2.23. The zero-order valence-corrected chi connectivity index (χ0v) is 17.9. The molecule has 2 aromatic carbocycles. The van der Waals surface area contributed by atoms with Crippen LogP contribution in [0.5, 0.6) is 11.5 Å². The molecule has 0 saturated carbocycles. The minimum absolute atomic E-state index is 0.0690. The zero-order chi connectivity index (χ0) is 24.2. The van der Waals surface area contributed by atoms with Gasteiger partial charge in [-0.3, -0.25) is 14.6 Å². The van der Waals surface area contributed by atoms with Crippen LogP contribution in [0.25, 0.3) is 0 Å². The van der Waals surface area contributed by atoms with Crippen LogP contribution in [-0.2, 0) is 16.0 Å². The predicted octanol–water partition coefficient (Wildman–Crippen LogP) is -0.0236. The number of amides is 2. The number of guanidine groups is 1. The van der Waals surface area contributed by atoms with Gasteiger partial charge in [-0.05, 0) is 24.1 Å². The van der Waals surface area contributed by atoms with Crippen LogP contribution in [-0.4, -0.2) is 59.7 Å². The summed E-state index contributed by atoms with van der Waals surface area (Å²) in [7, 11) is 0. The van der Waals surface area contributed by atoms with Gasteiger partial charge < -0.3 is 37.1 Å². The number of ether oxygens (including phenoxy) is 1. The maximum Gasteiger partial charge on any atom is 0.328 e. The molecule has 0 heterocycles. The number of aliphatic carboxylic acids is 1. The Morgan fingerprint density at radius 1 is 1.09 bits per heavy atom. The number of carboxylic acid groups (broad SMARTS) is 1. The fourth-order valence-electron chi connectivity index (χ4n) is 2.79. The molecule has 0 spiro atoms. The van der Waals surface area contributed by atoms with Gasteiger partial charge in [0, 0.05) is 19.0 Å². The molecule has 33 heavy (non-hydrogen) atoms. The smallest absolute Gasteiger partial charge is 0.328 e. The van der Waals surface area contributed by atoms with Gasteiger partial charge in [0.1, 0.15) is 24.1 Å². The highest BCUT2D eigenvalue weighted by atomic mass is 16.5. The summed E-state index contributed by atoms with van der Waals surface area (Å²) < 4.78 is 5.37. The molecule has 0 bridgehead atoms. The summed E-state index contributed by atoms with van der Waals surface area (Å²) in [6.07, 6.45) is 0.562. The van der Waals surface area contributed by atoms with Crippen LogP contribution in [0.1, 0.15) is 22.3 Å². The fraction of sp³-hybridized carbons (Fsp3) is 0.273. The summed E-state index contributed by atoms with van der Waals surface area (Å²) >= 11 is 0. The van der Waals surface area contributed by atoms with Gasteiger partial charge in [0.15, 0.2) is 5.96 Å². The number of aryl methyl sites for hydroxylation is 1. The molecule has 2 rings (SSSR count). The van der Waals surface area contributed by atoms with E-state index in [0.29, 0.717) is 12.2 Å². The maximum atomic E-state index is 12.4. The second-order valence-corrected chi connectivity index (χ2v) is 6.99. The van der Waals surface area contributed by atoms with Crippen LogP contribution in [0.3, 0.4) is 0 Å². The minimum atomic E-state index is -1.32. The molecule has 0 aromatic heterocycles. The monoisotopic (exact) mass is 457 g/mol. The Balaban J connectivity index is 1.86. The van der Waals surface area contributed by atoms with E-state index in [0.717, 1.165) is 5.56 Å². The van der Waals surface area contributed by atoms with Crippen LogP contribution in [0, 0.1) is 0 Å². The Kier molecular flexibility index (Phi) is 9.50. The molecule has 0 fully saturated rings. The van der Waals surface area contributed by atoms with E-state index < -0.39 is 23.8 Å². The summed E-state index contributed by atoms with van der Waals surface area (Å²) in [6, 6.07) is 12.0. The van der Waals surface area contributed by atoms with Crippen molar-refractivity contribution < 1.29 is 29.3 Å². The number of phenolic OH excluding ortho intramolecular Hbond substituents is 1. The van der Waals surface area contributed by atoms with Gasteiger partial charge >= 0.3 is 5.97 Å². The highest BCUT2D eigenvalue weighted by molar-refractivity contribution is 5.97. The Morgan fingerprint density at radius 2 is 1.82 bits per heavy atom. The van der Waals surface area contributed by atoms with Crippen LogP contribution in [0.15, 0.2) is 53.5 Å². The van der Waals surface area contributed by atoms with E-state index in [1.807, 2.05) is 30.3 Å². The van der Waals surface area contributed by atoms with E-state index >= 15 is 0 Å². The van der Waals surface area contributed by atoms with Gasteiger partial charge in [-0.1, -0.05) is 30.3 Å². The summed E-state index contributed by atoms with van der Waals surface area (Å²) in [4.78, 5) is 39.7. The number of benzene rings is 2. The number of carbonyl (C=O) groups is 3. The molecule has 1 atom stereocenters. The van der Waals surface area contributed by atoms with Crippen molar-refractivity contribution in [3.63, 3.8) is 0 Å². The summed E-state index contributed by atoms with van der Waals surface area (Å²) in [5.74, 6) is -2.58. The van der Waals surface area contributed by atoms with Gasteiger partial charge in [0.25, 0.3) is 5.91 Å². The Hall–Kier alpha value is -4.28. The highest BCUT2D eigenvalue weighted by Gasteiger charge is 2.22. The second kappa shape index (κ2) is 12.5. The van der Waals surface area contributed by atoms with Crippen molar-refractivity contribution in [1.82, 2.24) is 10.6 Å². The topological polar surface area (TPSA) is 189 Å². The van der Waals surface area contributed by atoms with E-state index in [4.69, 9.17) is 16.2 Å². The van der Waals surface area contributed by atoms with Gasteiger partial charge in [-0.2, -0.15) is 0 Å². The largest absolute Gasteiger partial charge is 0.507 e. The quantitative estimate of drug-likeness (QED) is 0.145. The number of carbonyl (C=O) groups excluding carboxylic acids is 2. The fourth-order valence-corrected chi connectivity index (χ4v) is 2.79. The lowest BCUT2D eigenvalue weighted by molar-refractivity contribution is -0.141. The number of nitrogens with one attached hydrogen (secondary N) is 2. The molecule has 11 heteroatoms. The van der Waals surface area contributed by atoms with Gasteiger partial charge in [0.05, 0.1) is 12.1 Å². The number of hydrogen-bond donors (Lipinski definition) is 6. The van der Waals surface area contributed by atoms with E-state index in [2.05, 4.69) is 15.6 Å². The number of phenols is 1. The zero-order valence-electron chi connectivity index (χ0n) is 17.9. The molecule has 0 aliphatic heterocycles. The number of nitrogens with zero attached hydrogens (tertiary/aromatic N) is 1. The predicted molar refractivity (Wildman–Crippen MR) is 121 cm³/mol. The molecule has 2 amide bonds. The summed E-state index contributed by atoms with van der Waals surface area (Å²) in [5, 5.41) is 24.3. The van der Waals surface area contributed by atoms with Crippen molar-refractivity contribution in [1.29, 1.82) is 0 Å². The van der Waals surface area contributed by atoms with Crippen molar-refractivity contribution in [2.45, 2.75) is 18.9 Å². The number of carboxylic acids is 1. The van der Waals surface area contributed by atoms with Crippen molar-refractivity contribution >= 4 is 23.7 Å². The van der Waals surface area contributed by atoms with Crippen molar-refractivity contribution in [2.24, 2.45) is 16.5 Å². The van der Waals surface area contributed by atoms with E-state index in [-0.39, 0.29) is 43.4 Å². The molecule has 0 radical (unpaired) electrons. The number of rotatable bonds is 12. The average Bonchev–Trinajstić information content (AvgIpc) is 2.78. The van der Waals surface area contributed by atoms with Crippen LogP contribution >= 0.6 is 0 Å². The lowest BCUT2D eigenvalue weighted by Gasteiger charge is -2.16. The van der Waals surface area contributed by atoms with Crippen molar-refractivity contribution in [3.05, 3.63) is 59.7 Å². The first-order valence-electron chi connectivity index (χ1n) is 10.1. The maximum absolute atomic E-state index is 12.4. The van der Waals surface area contributed by atoms with E-state index in [1.54, 1.807) is 0 Å². The molecule has 8 N–H and O–H groups in total. The molecule has 176 valence electrons. The summed E-state index contributed by atoms with van der Waals surface area (Å²) in [6.45, 7) is 0.0214. The molecule has 0 aliphatic carbocycles. The Labute approximate surface area is 190 Å². The average molecular weight is 457 g/mol. The van der Waals surface area contributed by atoms with Gasteiger partial charge in [-0.25, -0.2) is 4.79 Å². The molecule has 11 nitrogen and oxygen atoms in total. The third-order valence-corrected chi connectivity index (χ3v) is 4.45. The first-order valence-corrected chi connectivity index (χ1v) is 10.1. The number of aliphatic imine (C=N–C) groups is 1. The van der Waals surface area contributed by atoms with E-state index in [9.17, 15) is 24.6 Å². The third-order valence-electron chi connectivity index (χ3n) is 4.45. The summed E-state index contributed by atoms with van der Waals surface area (Å²) in [5.41, 5.74) is 11.3. The van der Waals surface area contributed by atoms with Crippen molar-refractivity contribution in [3.8, 4) is 11.5 Å². The lowest BCUT2D eigenvalue weighted by Crippen LogP contribution is -2.48. The van der Waals surface area contributed by atoms with Crippen LogP contribution < -0.4 is 26.8 Å². The molecule has 2 aromatic rings. The van der Waals surface area contributed by atoms with Crippen LogP contribution in [0.2, 0.25) is 0 Å². The molecular weight excluding hydrogens is 430 g/mol. The Bertz CT molecular complexity index is 992. The SMILES string of the molecule is NC(N)=NCCOc1ccc(C(=O)NC[C@H](NC(=O)CCc2ccccc2)C(=O)O)c(O)c1. The molecular formula is C22H27N5O6. The minimum Gasteiger partial charge on any atom is -0.507 e.